The van der Waals surface area contributed by atoms with E-state index in [1.54, 1.807) is 32.0 Å². The standard InChI is InChI=1S/C19H20N2O4S/c1-23-12-8-9-16(24-2)13(10-12)15-11-17(25-21-15)19(22)20-14-6-4-5-7-18(14)26-3/h4-10,17H,11H2,1-3H3,(H,20,22)/t17-/m0/s1. The van der Waals surface area contributed by atoms with Crippen LogP contribution in [0.1, 0.15) is 12.0 Å². The van der Waals surface area contributed by atoms with Crippen LogP contribution in [-0.4, -0.2) is 38.2 Å². The first-order chi connectivity index (χ1) is 12.7. The third kappa shape index (κ3) is 3.77. The van der Waals surface area contributed by atoms with Gasteiger partial charge in [-0.25, -0.2) is 0 Å². The summed E-state index contributed by atoms with van der Waals surface area (Å²) in [5.41, 5.74) is 2.17. The first kappa shape index (κ1) is 18.1. The number of ether oxygens (including phenoxy) is 2. The Labute approximate surface area is 156 Å². The summed E-state index contributed by atoms with van der Waals surface area (Å²) in [5.74, 6) is 1.11. The zero-order valence-electron chi connectivity index (χ0n) is 14.8. The molecule has 0 aromatic heterocycles. The number of hydrogen-bond acceptors (Lipinski definition) is 6. The number of amides is 1. The lowest BCUT2D eigenvalue weighted by molar-refractivity contribution is -0.125. The number of thioether (sulfide) groups is 1. The third-order valence-corrected chi connectivity index (χ3v) is 4.84. The van der Waals surface area contributed by atoms with Gasteiger partial charge in [0.25, 0.3) is 5.91 Å². The summed E-state index contributed by atoms with van der Waals surface area (Å²) in [6.07, 6.45) is 1.64. The number of para-hydroxylation sites is 1. The molecule has 0 saturated carbocycles. The minimum Gasteiger partial charge on any atom is -0.497 e. The summed E-state index contributed by atoms with van der Waals surface area (Å²) in [5, 5.41) is 7.00. The van der Waals surface area contributed by atoms with Crippen LogP contribution >= 0.6 is 11.8 Å². The van der Waals surface area contributed by atoms with Gasteiger partial charge in [-0.05, 0) is 36.6 Å². The Morgan fingerprint density at radius 1 is 1.23 bits per heavy atom. The van der Waals surface area contributed by atoms with Crippen molar-refractivity contribution in [1.29, 1.82) is 0 Å². The molecule has 0 radical (unpaired) electrons. The quantitative estimate of drug-likeness (QED) is 0.785. The third-order valence-electron chi connectivity index (χ3n) is 4.04. The van der Waals surface area contributed by atoms with E-state index >= 15 is 0 Å². The van der Waals surface area contributed by atoms with Gasteiger partial charge in [-0.1, -0.05) is 17.3 Å². The Kier molecular flexibility index (Phi) is 5.68. The van der Waals surface area contributed by atoms with Gasteiger partial charge in [0.2, 0.25) is 6.10 Å². The van der Waals surface area contributed by atoms with Crippen LogP contribution in [0.15, 0.2) is 52.5 Å². The number of nitrogens with zero attached hydrogens (tertiary/aromatic N) is 1. The van der Waals surface area contributed by atoms with Crippen molar-refractivity contribution >= 4 is 29.1 Å². The molecule has 0 bridgehead atoms. The predicted octanol–water partition coefficient (Wildman–Crippen LogP) is 3.56. The fourth-order valence-electron chi connectivity index (χ4n) is 2.68. The summed E-state index contributed by atoms with van der Waals surface area (Å²) in [6, 6.07) is 13.1. The molecule has 6 nitrogen and oxygen atoms in total. The van der Waals surface area contributed by atoms with Crippen LogP contribution in [0.4, 0.5) is 5.69 Å². The monoisotopic (exact) mass is 372 g/mol. The maximum absolute atomic E-state index is 12.6. The van der Waals surface area contributed by atoms with Gasteiger partial charge in [0, 0.05) is 16.9 Å². The average Bonchev–Trinajstić information content (AvgIpc) is 3.18. The second-order valence-corrected chi connectivity index (χ2v) is 6.44. The lowest BCUT2D eigenvalue weighted by atomic mass is 10.0. The molecule has 0 spiro atoms. The molecule has 2 aromatic carbocycles. The van der Waals surface area contributed by atoms with Crippen LogP contribution in [0.2, 0.25) is 0 Å². The molecule has 7 heteroatoms. The zero-order valence-corrected chi connectivity index (χ0v) is 15.6. The van der Waals surface area contributed by atoms with Crippen molar-refractivity contribution in [3.63, 3.8) is 0 Å². The number of carbonyl (C=O) groups is 1. The molecular formula is C19H20N2O4S. The van der Waals surface area contributed by atoms with Gasteiger partial charge in [-0.15, -0.1) is 11.8 Å². The number of rotatable bonds is 6. The number of carbonyl (C=O) groups excluding carboxylic acids is 1. The summed E-state index contributed by atoms with van der Waals surface area (Å²) in [6.45, 7) is 0. The van der Waals surface area contributed by atoms with E-state index in [2.05, 4.69) is 10.5 Å². The van der Waals surface area contributed by atoms with E-state index < -0.39 is 6.10 Å². The highest BCUT2D eigenvalue weighted by Crippen LogP contribution is 2.30. The Bertz CT molecular complexity index is 838. The van der Waals surface area contributed by atoms with Crippen molar-refractivity contribution < 1.29 is 19.1 Å². The number of methoxy groups -OCH3 is 2. The van der Waals surface area contributed by atoms with Gasteiger partial charge in [0.05, 0.1) is 25.6 Å². The average molecular weight is 372 g/mol. The molecule has 0 saturated heterocycles. The Hall–Kier alpha value is -2.67. The van der Waals surface area contributed by atoms with Crippen LogP contribution in [0.3, 0.4) is 0 Å². The highest BCUT2D eigenvalue weighted by molar-refractivity contribution is 7.98. The summed E-state index contributed by atoms with van der Waals surface area (Å²) in [7, 11) is 3.18. The van der Waals surface area contributed by atoms with Gasteiger partial charge in [0.1, 0.15) is 11.5 Å². The number of benzene rings is 2. The number of nitrogens with one attached hydrogen (secondary N) is 1. The van der Waals surface area contributed by atoms with Gasteiger partial charge in [0.15, 0.2) is 0 Å². The van der Waals surface area contributed by atoms with Crippen molar-refractivity contribution in [2.75, 3.05) is 25.8 Å². The van der Waals surface area contributed by atoms with Gasteiger partial charge < -0.3 is 19.6 Å². The van der Waals surface area contributed by atoms with E-state index in [1.807, 2.05) is 42.7 Å². The molecule has 26 heavy (non-hydrogen) atoms. The van der Waals surface area contributed by atoms with Crippen LogP contribution in [0.25, 0.3) is 0 Å². The number of oxime groups is 1. The number of hydrogen-bond donors (Lipinski definition) is 1. The fraction of sp³-hybridized carbons (Fsp3) is 0.263. The molecule has 1 N–H and O–H groups in total. The molecule has 2 aromatic rings. The van der Waals surface area contributed by atoms with Crippen molar-refractivity contribution in [3.05, 3.63) is 48.0 Å². The van der Waals surface area contributed by atoms with E-state index in [-0.39, 0.29) is 5.91 Å². The first-order valence-corrected chi connectivity index (χ1v) is 9.27. The smallest absolute Gasteiger partial charge is 0.268 e. The SMILES string of the molecule is COc1ccc(OC)c(C2=NO[C@H](C(=O)Nc3ccccc3SC)C2)c1. The van der Waals surface area contributed by atoms with Crippen LogP contribution in [-0.2, 0) is 9.63 Å². The van der Waals surface area contributed by atoms with E-state index in [0.29, 0.717) is 23.6 Å². The van der Waals surface area contributed by atoms with Crippen LogP contribution in [0.5, 0.6) is 11.5 Å². The second kappa shape index (κ2) is 8.14. The van der Waals surface area contributed by atoms with Crippen LogP contribution < -0.4 is 14.8 Å². The lowest BCUT2D eigenvalue weighted by Gasteiger charge is -2.12. The second-order valence-electron chi connectivity index (χ2n) is 5.59. The number of anilines is 1. The molecule has 1 aliphatic heterocycles. The molecule has 0 fully saturated rings. The van der Waals surface area contributed by atoms with Gasteiger partial charge in [-0.3, -0.25) is 4.79 Å². The molecule has 0 unspecified atom stereocenters. The summed E-state index contributed by atoms with van der Waals surface area (Å²) in [4.78, 5) is 18.9. The Morgan fingerprint density at radius 2 is 2.04 bits per heavy atom. The van der Waals surface area contributed by atoms with Gasteiger partial charge >= 0.3 is 0 Å². The largest absolute Gasteiger partial charge is 0.497 e. The zero-order chi connectivity index (χ0) is 18.5. The van der Waals surface area contributed by atoms with Crippen LogP contribution in [0, 0.1) is 0 Å². The molecule has 1 atom stereocenters. The Morgan fingerprint density at radius 3 is 2.77 bits per heavy atom. The Balaban J connectivity index is 1.73. The van der Waals surface area contributed by atoms with Gasteiger partial charge in [-0.2, -0.15) is 0 Å². The highest BCUT2D eigenvalue weighted by atomic mass is 32.2. The molecule has 1 heterocycles. The van der Waals surface area contributed by atoms with E-state index in [9.17, 15) is 4.79 Å². The predicted molar refractivity (Wildman–Crippen MR) is 102 cm³/mol. The highest BCUT2D eigenvalue weighted by Gasteiger charge is 2.30. The molecule has 136 valence electrons. The molecule has 1 aliphatic rings. The normalized spacial score (nSPS) is 15.8. The topological polar surface area (TPSA) is 69.1 Å². The fourth-order valence-corrected chi connectivity index (χ4v) is 3.23. The molecular weight excluding hydrogens is 352 g/mol. The van der Waals surface area contributed by atoms with Crippen molar-refractivity contribution in [1.82, 2.24) is 0 Å². The van der Waals surface area contributed by atoms with E-state index in [1.165, 1.54) is 0 Å². The molecule has 0 aliphatic carbocycles. The van der Waals surface area contributed by atoms with E-state index in [4.69, 9.17) is 14.3 Å². The van der Waals surface area contributed by atoms with Crippen molar-refractivity contribution in [2.24, 2.45) is 5.16 Å². The minimum atomic E-state index is -0.684. The van der Waals surface area contributed by atoms with Crippen molar-refractivity contribution in [3.8, 4) is 11.5 Å². The molecule has 1 amide bonds. The first-order valence-electron chi connectivity index (χ1n) is 8.05. The molecule has 3 rings (SSSR count). The lowest BCUT2D eigenvalue weighted by Crippen LogP contribution is -2.28. The van der Waals surface area contributed by atoms with Crippen molar-refractivity contribution in [2.45, 2.75) is 17.4 Å². The maximum atomic E-state index is 12.6. The van der Waals surface area contributed by atoms with E-state index in [0.717, 1.165) is 16.1 Å². The maximum Gasteiger partial charge on any atom is 0.268 e. The summed E-state index contributed by atoms with van der Waals surface area (Å²) >= 11 is 1.57. The summed E-state index contributed by atoms with van der Waals surface area (Å²) < 4.78 is 10.6. The minimum absolute atomic E-state index is 0.230.